The zero-order valence-electron chi connectivity index (χ0n) is 17.5. The second kappa shape index (κ2) is 10.0. The van der Waals surface area contributed by atoms with Gasteiger partial charge in [0.05, 0.1) is 19.3 Å². The number of hydrogen-bond acceptors (Lipinski definition) is 5. The summed E-state index contributed by atoms with van der Waals surface area (Å²) in [5.41, 5.74) is -0.617. The lowest BCUT2D eigenvalue weighted by Gasteiger charge is -2.38. The van der Waals surface area contributed by atoms with Gasteiger partial charge < -0.3 is 9.84 Å². The predicted molar refractivity (Wildman–Crippen MR) is 116 cm³/mol. The van der Waals surface area contributed by atoms with Gasteiger partial charge in [-0.25, -0.2) is 18.4 Å². The number of likely N-dealkylation sites (tertiary alicyclic amines) is 1. The average Bonchev–Trinajstić information content (AvgIpc) is 3.26. The van der Waals surface area contributed by atoms with Crippen molar-refractivity contribution >= 4 is 11.6 Å². The number of rotatable bonds is 8. The number of hydrogen-bond donors (Lipinski definition) is 1. The molecule has 170 valence electrons. The Kier molecular flexibility index (Phi) is 7.15. The molecule has 0 amide bonds. The molecule has 1 unspecified atom stereocenters. The minimum Gasteiger partial charge on any atom is -0.382 e. The Labute approximate surface area is 190 Å². The SMILES string of the molecule is OC(CN1CCC(OCc2ccccc2Cl)CC1)(Cn1cncn1)c1ccc(F)cc1F. The van der Waals surface area contributed by atoms with Crippen LogP contribution in [-0.2, 0) is 23.5 Å². The standard InChI is InChI=1S/C23H25ClF2N4O2/c24-21-4-2-1-3-17(21)12-32-19-7-9-29(10-8-19)13-23(31,14-30-16-27-15-28-30)20-6-5-18(25)11-22(20)26/h1-6,11,15-16,19,31H,7-10,12-14H2. The van der Waals surface area contributed by atoms with E-state index in [1.165, 1.54) is 23.4 Å². The maximum Gasteiger partial charge on any atom is 0.137 e. The molecule has 4 rings (SSSR count). The van der Waals surface area contributed by atoms with Crippen molar-refractivity contribution in [2.75, 3.05) is 19.6 Å². The summed E-state index contributed by atoms with van der Waals surface area (Å²) < 4.78 is 35.5. The molecule has 2 aromatic carbocycles. The zero-order valence-corrected chi connectivity index (χ0v) is 18.3. The number of piperidine rings is 1. The molecule has 9 heteroatoms. The lowest BCUT2D eigenvalue weighted by molar-refractivity contribution is -0.0489. The second-order valence-corrected chi connectivity index (χ2v) is 8.53. The average molecular weight is 463 g/mol. The highest BCUT2D eigenvalue weighted by atomic mass is 35.5. The van der Waals surface area contributed by atoms with Gasteiger partial charge in [0.1, 0.15) is 29.9 Å². The van der Waals surface area contributed by atoms with E-state index in [4.69, 9.17) is 16.3 Å². The van der Waals surface area contributed by atoms with Crippen molar-refractivity contribution in [2.24, 2.45) is 0 Å². The monoisotopic (exact) mass is 462 g/mol. The number of halogens is 3. The Morgan fingerprint density at radius 3 is 2.59 bits per heavy atom. The van der Waals surface area contributed by atoms with Crippen LogP contribution < -0.4 is 0 Å². The molecular weight excluding hydrogens is 438 g/mol. The van der Waals surface area contributed by atoms with Gasteiger partial charge in [0.25, 0.3) is 0 Å². The maximum atomic E-state index is 14.6. The molecular formula is C23H25ClF2N4O2. The molecule has 1 aliphatic heterocycles. The molecule has 0 bridgehead atoms. The molecule has 1 N–H and O–H groups in total. The quantitative estimate of drug-likeness (QED) is 0.552. The van der Waals surface area contributed by atoms with Crippen molar-refractivity contribution in [1.82, 2.24) is 19.7 Å². The minimum atomic E-state index is -1.60. The number of β-amino-alcohol motifs (C(OH)–C–C–N with tert-alkyl or cyclic N) is 1. The summed E-state index contributed by atoms with van der Waals surface area (Å²) in [6.07, 6.45) is 4.43. The van der Waals surface area contributed by atoms with E-state index in [1.54, 1.807) is 0 Å². The fourth-order valence-corrected chi connectivity index (χ4v) is 4.29. The van der Waals surface area contributed by atoms with E-state index in [0.717, 1.165) is 30.5 Å². The van der Waals surface area contributed by atoms with E-state index in [0.29, 0.717) is 24.7 Å². The van der Waals surface area contributed by atoms with Crippen LogP contribution in [0.2, 0.25) is 5.02 Å². The molecule has 1 fully saturated rings. The highest BCUT2D eigenvalue weighted by Crippen LogP contribution is 2.29. The van der Waals surface area contributed by atoms with Crippen molar-refractivity contribution in [3.8, 4) is 0 Å². The number of ether oxygens (including phenoxy) is 1. The molecule has 32 heavy (non-hydrogen) atoms. The summed E-state index contributed by atoms with van der Waals surface area (Å²) in [4.78, 5) is 5.96. The topological polar surface area (TPSA) is 63.4 Å². The van der Waals surface area contributed by atoms with Crippen molar-refractivity contribution < 1.29 is 18.6 Å². The number of benzene rings is 2. The van der Waals surface area contributed by atoms with Crippen LogP contribution in [0.25, 0.3) is 0 Å². The van der Waals surface area contributed by atoms with Gasteiger partial charge in [-0.1, -0.05) is 35.9 Å². The molecule has 1 atom stereocenters. The van der Waals surface area contributed by atoms with Crippen LogP contribution in [0.3, 0.4) is 0 Å². The fourth-order valence-electron chi connectivity index (χ4n) is 4.10. The first-order valence-corrected chi connectivity index (χ1v) is 10.9. The van der Waals surface area contributed by atoms with E-state index in [9.17, 15) is 13.9 Å². The number of aromatic nitrogens is 3. The van der Waals surface area contributed by atoms with Crippen molar-refractivity contribution in [3.63, 3.8) is 0 Å². The van der Waals surface area contributed by atoms with Crippen LogP contribution >= 0.6 is 11.6 Å². The van der Waals surface area contributed by atoms with Crippen molar-refractivity contribution in [3.05, 3.63) is 82.9 Å². The molecule has 1 saturated heterocycles. The minimum absolute atomic E-state index is 0.00150. The van der Waals surface area contributed by atoms with E-state index in [1.807, 2.05) is 24.3 Å². The van der Waals surface area contributed by atoms with Crippen LogP contribution in [0, 0.1) is 11.6 Å². The first kappa shape index (κ1) is 22.8. The van der Waals surface area contributed by atoms with Gasteiger partial charge in [-0.15, -0.1) is 0 Å². The summed E-state index contributed by atoms with van der Waals surface area (Å²) >= 11 is 6.20. The van der Waals surface area contributed by atoms with Crippen molar-refractivity contribution in [2.45, 2.75) is 37.7 Å². The Hall–Kier alpha value is -2.39. The summed E-state index contributed by atoms with van der Waals surface area (Å²) in [7, 11) is 0. The van der Waals surface area contributed by atoms with Gasteiger partial charge in [-0.3, -0.25) is 4.90 Å². The molecule has 2 heterocycles. The third-order valence-corrected chi connectivity index (χ3v) is 6.14. The first-order valence-electron chi connectivity index (χ1n) is 10.5. The molecule has 0 spiro atoms. The van der Waals surface area contributed by atoms with Crippen LogP contribution in [-0.4, -0.2) is 50.5 Å². The van der Waals surface area contributed by atoms with Crippen LogP contribution in [0.1, 0.15) is 24.0 Å². The molecule has 6 nitrogen and oxygen atoms in total. The van der Waals surface area contributed by atoms with Gasteiger partial charge in [0.2, 0.25) is 0 Å². The first-order chi connectivity index (χ1) is 15.4. The van der Waals surface area contributed by atoms with Gasteiger partial charge in [0, 0.05) is 36.3 Å². The third-order valence-electron chi connectivity index (χ3n) is 5.77. The van der Waals surface area contributed by atoms with E-state index < -0.39 is 17.2 Å². The van der Waals surface area contributed by atoms with Crippen LogP contribution in [0.15, 0.2) is 55.1 Å². The smallest absolute Gasteiger partial charge is 0.137 e. The van der Waals surface area contributed by atoms with Gasteiger partial charge in [0.15, 0.2) is 0 Å². The normalized spacial score (nSPS) is 17.4. The van der Waals surface area contributed by atoms with Gasteiger partial charge in [-0.05, 0) is 30.5 Å². The summed E-state index contributed by atoms with van der Waals surface area (Å²) in [5, 5.41) is 16.2. The number of nitrogens with zero attached hydrogens (tertiary/aromatic N) is 4. The summed E-state index contributed by atoms with van der Waals surface area (Å²) in [6.45, 7) is 1.97. The highest BCUT2D eigenvalue weighted by molar-refractivity contribution is 6.31. The fraction of sp³-hybridized carbons (Fsp3) is 0.391. The van der Waals surface area contributed by atoms with Crippen LogP contribution in [0.4, 0.5) is 8.78 Å². The van der Waals surface area contributed by atoms with Crippen molar-refractivity contribution in [1.29, 1.82) is 0 Å². The molecule has 0 saturated carbocycles. The molecule has 0 radical (unpaired) electrons. The van der Waals surface area contributed by atoms with E-state index in [2.05, 4.69) is 15.0 Å². The highest BCUT2D eigenvalue weighted by Gasteiger charge is 2.36. The Morgan fingerprint density at radius 2 is 1.91 bits per heavy atom. The third kappa shape index (κ3) is 5.50. The molecule has 3 aromatic rings. The number of aliphatic hydroxyl groups is 1. The predicted octanol–water partition coefficient (Wildman–Crippen LogP) is 3.78. The largest absolute Gasteiger partial charge is 0.382 e. The van der Waals surface area contributed by atoms with Crippen LogP contribution in [0.5, 0.6) is 0 Å². The Bertz CT molecular complexity index is 1030. The summed E-state index contributed by atoms with van der Waals surface area (Å²) in [6, 6.07) is 10.8. The van der Waals surface area contributed by atoms with E-state index >= 15 is 0 Å². The lowest BCUT2D eigenvalue weighted by atomic mass is 9.91. The zero-order chi connectivity index (χ0) is 22.6. The lowest BCUT2D eigenvalue weighted by Crippen LogP contribution is -2.48. The summed E-state index contributed by atoms with van der Waals surface area (Å²) in [5.74, 6) is -1.48. The van der Waals surface area contributed by atoms with Gasteiger partial charge in [-0.2, -0.15) is 5.10 Å². The molecule has 1 aliphatic rings. The molecule has 1 aromatic heterocycles. The second-order valence-electron chi connectivity index (χ2n) is 8.13. The Morgan fingerprint density at radius 1 is 1.12 bits per heavy atom. The molecule has 0 aliphatic carbocycles. The van der Waals surface area contributed by atoms with E-state index in [-0.39, 0.29) is 24.8 Å². The maximum absolute atomic E-state index is 14.6. The van der Waals surface area contributed by atoms with Gasteiger partial charge >= 0.3 is 0 Å². The Balaban J connectivity index is 1.40.